The number of hydrogen-bond donors (Lipinski definition) is 2. The lowest BCUT2D eigenvalue weighted by Crippen LogP contribution is -2.22. The van der Waals surface area contributed by atoms with Gasteiger partial charge in [0.25, 0.3) is 5.91 Å². The van der Waals surface area contributed by atoms with Crippen LogP contribution in [-0.4, -0.2) is 13.0 Å². The molecule has 2 rings (SSSR count). The highest BCUT2D eigenvalue weighted by molar-refractivity contribution is 5.94. The first-order chi connectivity index (χ1) is 9.19. The van der Waals surface area contributed by atoms with Gasteiger partial charge in [-0.25, -0.2) is 4.39 Å². The number of hydrogen-bond acceptors (Lipinski definition) is 2. The molecule has 19 heavy (non-hydrogen) atoms. The molecule has 0 aliphatic heterocycles. The summed E-state index contributed by atoms with van der Waals surface area (Å²) in [6.07, 6.45) is 0. The number of halogens is 1. The molecule has 2 N–H and O–H groups in total. The highest BCUT2D eigenvalue weighted by Crippen LogP contribution is 2.09. The highest BCUT2D eigenvalue weighted by atomic mass is 19.1. The van der Waals surface area contributed by atoms with Crippen LogP contribution in [0.15, 0.2) is 48.5 Å². The number of benzene rings is 2. The minimum atomic E-state index is -0.301. The van der Waals surface area contributed by atoms with Crippen molar-refractivity contribution in [3.05, 3.63) is 65.5 Å². The van der Waals surface area contributed by atoms with Crippen molar-refractivity contribution in [2.45, 2.75) is 6.54 Å². The summed E-state index contributed by atoms with van der Waals surface area (Å²) in [5, 5.41) is 5.74. The van der Waals surface area contributed by atoms with Crippen LogP contribution in [0, 0.1) is 5.82 Å². The molecule has 0 atom stereocenters. The van der Waals surface area contributed by atoms with Crippen LogP contribution in [0.4, 0.5) is 10.1 Å². The van der Waals surface area contributed by atoms with Crippen LogP contribution in [0.2, 0.25) is 0 Å². The maximum atomic E-state index is 13.0. The fourth-order valence-electron chi connectivity index (χ4n) is 1.72. The number of amides is 1. The van der Waals surface area contributed by atoms with Crippen molar-refractivity contribution in [2.75, 3.05) is 12.4 Å². The predicted molar refractivity (Wildman–Crippen MR) is 73.6 cm³/mol. The Balaban J connectivity index is 1.97. The first-order valence-corrected chi connectivity index (χ1v) is 5.99. The maximum Gasteiger partial charge on any atom is 0.251 e. The van der Waals surface area contributed by atoms with E-state index in [4.69, 9.17) is 0 Å². The third-order valence-corrected chi connectivity index (χ3v) is 2.78. The van der Waals surface area contributed by atoms with Crippen molar-refractivity contribution in [3.8, 4) is 0 Å². The lowest BCUT2D eigenvalue weighted by atomic mass is 10.1. The van der Waals surface area contributed by atoms with Crippen molar-refractivity contribution >= 4 is 11.6 Å². The van der Waals surface area contributed by atoms with E-state index in [9.17, 15) is 9.18 Å². The molecule has 0 radical (unpaired) electrons. The van der Waals surface area contributed by atoms with E-state index in [0.717, 1.165) is 11.3 Å². The largest absolute Gasteiger partial charge is 0.388 e. The van der Waals surface area contributed by atoms with Crippen LogP contribution in [0.5, 0.6) is 0 Å². The Kier molecular flexibility index (Phi) is 4.13. The summed E-state index contributed by atoms with van der Waals surface area (Å²) in [6, 6.07) is 13.3. The third kappa shape index (κ3) is 3.55. The van der Waals surface area contributed by atoms with Gasteiger partial charge in [-0.3, -0.25) is 4.79 Å². The fraction of sp³-hybridized carbons (Fsp3) is 0.133. The minimum Gasteiger partial charge on any atom is -0.388 e. The van der Waals surface area contributed by atoms with Crippen LogP contribution >= 0.6 is 0 Å². The minimum absolute atomic E-state index is 0.174. The Morgan fingerprint density at radius 2 is 1.89 bits per heavy atom. The van der Waals surface area contributed by atoms with Gasteiger partial charge in [0.05, 0.1) is 0 Å². The van der Waals surface area contributed by atoms with Crippen molar-refractivity contribution in [1.29, 1.82) is 0 Å². The summed E-state index contributed by atoms with van der Waals surface area (Å²) in [5.41, 5.74) is 2.26. The second-order valence-corrected chi connectivity index (χ2v) is 4.14. The van der Waals surface area contributed by atoms with E-state index in [1.807, 2.05) is 19.2 Å². The van der Waals surface area contributed by atoms with E-state index < -0.39 is 0 Å². The number of rotatable bonds is 4. The molecule has 0 aliphatic rings. The van der Waals surface area contributed by atoms with E-state index in [1.165, 1.54) is 12.1 Å². The van der Waals surface area contributed by atoms with Crippen LogP contribution in [0.25, 0.3) is 0 Å². The average molecular weight is 258 g/mol. The van der Waals surface area contributed by atoms with Crippen molar-refractivity contribution in [3.63, 3.8) is 0 Å². The van der Waals surface area contributed by atoms with Gasteiger partial charge >= 0.3 is 0 Å². The van der Waals surface area contributed by atoms with Gasteiger partial charge in [-0.2, -0.15) is 0 Å². The molecule has 98 valence electrons. The van der Waals surface area contributed by atoms with Gasteiger partial charge in [0.15, 0.2) is 0 Å². The zero-order valence-corrected chi connectivity index (χ0v) is 10.6. The lowest BCUT2D eigenvalue weighted by molar-refractivity contribution is 0.0951. The molecule has 1 amide bonds. The lowest BCUT2D eigenvalue weighted by Gasteiger charge is -2.06. The van der Waals surface area contributed by atoms with Crippen LogP contribution in [0.1, 0.15) is 15.9 Å². The van der Waals surface area contributed by atoms with Crippen LogP contribution < -0.4 is 10.6 Å². The van der Waals surface area contributed by atoms with Crippen molar-refractivity contribution < 1.29 is 9.18 Å². The Morgan fingerprint density at radius 3 is 2.53 bits per heavy atom. The molecule has 0 saturated heterocycles. The molecule has 0 aromatic heterocycles. The molecule has 2 aromatic carbocycles. The summed E-state index contributed by atoms with van der Waals surface area (Å²) < 4.78 is 13.0. The molecule has 0 unspecified atom stereocenters. The molecule has 0 fully saturated rings. The number of carbonyl (C=O) groups is 1. The van der Waals surface area contributed by atoms with Crippen LogP contribution in [0.3, 0.4) is 0 Å². The summed E-state index contributed by atoms with van der Waals surface area (Å²) in [6.45, 7) is 0.310. The molecule has 0 heterocycles. The van der Waals surface area contributed by atoms with Gasteiger partial charge in [-0.05, 0) is 42.0 Å². The summed E-state index contributed by atoms with van der Waals surface area (Å²) in [7, 11) is 1.82. The maximum absolute atomic E-state index is 13.0. The van der Waals surface area contributed by atoms with Crippen LogP contribution in [-0.2, 0) is 6.54 Å². The normalized spacial score (nSPS) is 10.0. The molecule has 3 nitrogen and oxygen atoms in total. The van der Waals surface area contributed by atoms with E-state index in [2.05, 4.69) is 10.6 Å². The first-order valence-electron chi connectivity index (χ1n) is 5.99. The van der Waals surface area contributed by atoms with Gasteiger partial charge < -0.3 is 10.6 Å². The molecule has 0 bridgehead atoms. The monoisotopic (exact) mass is 258 g/mol. The Bertz CT molecular complexity index is 567. The van der Waals surface area contributed by atoms with Gasteiger partial charge in [-0.15, -0.1) is 0 Å². The quantitative estimate of drug-likeness (QED) is 0.885. The number of anilines is 1. The summed E-state index contributed by atoms with van der Waals surface area (Å²) in [4.78, 5) is 11.9. The van der Waals surface area contributed by atoms with Gasteiger partial charge in [0.2, 0.25) is 0 Å². The zero-order valence-electron chi connectivity index (χ0n) is 10.6. The third-order valence-electron chi connectivity index (χ3n) is 2.78. The molecular formula is C15H15FN2O. The Hall–Kier alpha value is -2.36. The van der Waals surface area contributed by atoms with E-state index in [1.54, 1.807) is 24.3 Å². The molecule has 0 saturated carbocycles. The second-order valence-electron chi connectivity index (χ2n) is 4.14. The van der Waals surface area contributed by atoms with E-state index >= 15 is 0 Å². The number of carbonyl (C=O) groups excluding carboxylic acids is 1. The molecule has 0 spiro atoms. The van der Waals surface area contributed by atoms with Gasteiger partial charge in [0.1, 0.15) is 5.82 Å². The summed E-state index contributed by atoms with van der Waals surface area (Å²) >= 11 is 0. The Morgan fingerprint density at radius 1 is 1.16 bits per heavy atom. The SMILES string of the molecule is CNc1ccc(C(=O)NCc2cccc(F)c2)cc1. The fourth-order valence-corrected chi connectivity index (χ4v) is 1.72. The van der Waals surface area contributed by atoms with E-state index in [0.29, 0.717) is 12.1 Å². The zero-order chi connectivity index (χ0) is 13.7. The van der Waals surface area contributed by atoms with Gasteiger partial charge in [-0.1, -0.05) is 12.1 Å². The van der Waals surface area contributed by atoms with Crippen molar-refractivity contribution in [1.82, 2.24) is 5.32 Å². The topological polar surface area (TPSA) is 41.1 Å². The smallest absolute Gasteiger partial charge is 0.251 e. The molecule has 4 heteroatoms. The molecule has 2 aromatic rings. The second kappa shape index (κ2) is 6.00. The summed E-state index contributed by atoms with van der Waals surface area (Å²) in [5.74, 6) is -0.475. The average Bonchev–Trinajstić information content (AvgIpc) is 2.45. The molecule has 0 aliphatic carbocycles. The predicted octanol–water partition coefficient (Wildman–Crippen LogP) is 2.80. The highest BCUT2D eigenvalue weighted by Gasteiger charge is 2.05. The van der Waals surface area contributed by atoms with Crippen molar-refractivity contribution in [2.24, 2.45) is 0 Å². The standard InChI is InChI=1S/C15H15FN2O/c1-17-14-7-5-12(6-8-14)15(19)18-10-11-3-2-4-13(16)9-11/h2-9,17H,10H2,1H3,(H,18,19). The Labute approximate surface area is 111 Å². The molecular weight excluding hydrogens is 243 g/mol. The van der Waals surface area contributed by atoms with Gasteiger partial charge in [0, 0.05) is 24.8 Å². The number of nitrogens with one attached hydrogen (secondary N) is 2. The van der Waals surface area contributed by atoms with E-state index in [-0.39, 0.29) is 11.7 Å². The first kappa shape index (κ1) is 13.1.